The Balaban J connectivity index is 1.86. The second-order valence-electron chi connectivity index (χ2n) is 6.99. The van der Waals surface area contributed by atoms with E-state index in [1.807, 2.05) is 0 Å². The molecule has 9 heteroatoms. The fourth-order valence-corrected chi connectivity index (χ4v) is 5.08. The van der Waals surface area contributed by atoms with Gasteiger partial charge in [0.15, 0.2) is 0 Å². The summed E-state index contributed by atoms with van der Waals surface area (Å²) in [6, 6.07) is 18.0. The maximum atomic E-state index is 13.5. The number of halogens is 2. The molecule has 6 nitrogen and oxygen atoms in total. The Morgan fingerprint density at radius 1 is 1.03 bits per heavy atom. The molecule has 3 rings (SSSR count). The van der Waals surface area contributed by atoms with Gasteiger partial charge in [-0.1, -0.05) is 47.5 Å². The average Bonchev–Trinajstić information content (AvgIpc) is 2.77. The minimum Gasteiger partial charge on any atom is -0.496 e. The number of nitrogens with one attached hydrogen (secondary N) is 1. The van der Waals surface area contributed by atoms with Crippen LogP contribution < -0.4 is 14.4 Å². The van der Waals surface area contributed by atoms with E-state index in [-0.39, 0.29) is 11.4 Å². The number of methoxy groups -OCH3 is 1. The Hall–Kier alpha value is -2.74. The van der Waals surface area contributed by atoms with Gasteiger partial charge in [0.1, 0.15) is 12.3 Å². The van der Waals surface area contributed by atoms with Crippen LogP contribution in [0.4, 0.5) is 5.69 Å². The molecular weight excluding hydrogens is 471 g/mol. The third kappa shape index (κ3) is 5.54. The Bertz CT molecular complexity index is 1220. The van der Waals surface area contributed by atoms with E-state index < -0.39 is 22.5 Å². The van der Waals surface area contributed by atoms with Gasteiger partial charge in [0.2, 0.25) is 5.91 Å². The Labute approximate surface area is 197 Å². The van der Waals surface area contributed by atoms with E-state index in [1.54, 1.807) is 61.5 Å². The third-order valence-corrected chi connectivity index (χ3v) is 7.13. The van der Waals surface area contributed by atoms with Gasteiger partial charge in [0.25, 0.3) is 10.0 Å². The fourth-order valence-electron chi connectivity index (χ4n) is 3.09. The highest BCUT2D eigenvalue weighted by Crippen LogP contribution is 2.27. The lowest BCUT2D eigenvalue weighted by Crippen LogP contribution is -2.40. The first-order valence-corrected chi connectivity index (χ1v) is 11.8. The van der Waals surface area contributed by atoms with Gasteiger partial charge < -0.3 is 10.1 Å². The highest BCUT2D eigenvalue weighted by atomic mass is 35.5. The molecule has 0 spiro atoms. The molecule has 3 aromatic carbocycles. The van der Waals surface area contributed by atoms with Gasteiger partial charge >= 0.3 is 0 Å². The van der Waals surface area contributed by atoms with Crippen LogP contribution in [0.2, 0.25) is 10.0 Å². The number of carbonyl (C=O) groups excluding carboxylic acids is 1. The van der Waals surface area contributed by atoms with Gasteiger partial charge in [0.05, 0.1) is 17.7 Å². The molecule has 0 saturated carbocycles. The zero-order chi connectivity index (χ0) is 23.3. The number of aryl methyl sites for hydroxylation is 1. The van der Waals surface area contributed by atoms with E-state index in [0.717, 1.165) is 4.31 Å². The van der Waals surface area contributed by atoms with Crippen LogP contribution in [0.1, 0.15) is 11.1 Å². The van der Waals surface area contributed by atoms with Crippen LogP contribution in [-0.2, 0) is 21.4 Å². The van der Waals surface area contributed by atoms with Gasteiger partial charge in [0, 0.05) is 16.6 Å². The highest BCUT2D eigenvalue weighted by Gasteiger charge is 2.27. The van der Waals surface area contributed by atoms with Gasteiger partial charge in [-0.05, 0) is 60.5 Å². The van der Waals surface area contributed by atoms with E-state index in [4.69, 9.17) is 27.9 Å². The summed E-state index contributed by atoms with van der Waals surface area (Å²) in [7, 11) is -2.50. The number of hydrogen-bond donors (Lipinski definition) is 1. The summed E-state index contributed by atoms with van der Waals surface area (Å²) in [5.74, 6) is 0.0986. The summed E-state index contributed by atoms with van der Waals surface area (Å²) in [6.07, 6.45) is 0. The van der Waals surface area contributed by atoms with Crippen LogP contribution in [0.15, 0.2) is 71.6 Å². The lowest BCUT2D eigenvalue weighted by atomic mass is 10.2. The van der Waals surface area contributed by atoms with Gasteiger partial charge in [-0.25, -0.2) is 8.42 Å². The number of nitrogens with zero attached hydrogens (tertiary/aromatic N) is 1. The van der Waals surface area contributed by atoms with Crippen LogP contribution in [0, 0.1) is 6.92 Å². The predicted molar refractivity (Wildman–Crippen MR) is 127 cm³/mol. The summed E-state index contributed by atoms with van der Waals surface area (Å²) in [6.45, 7) is 1.50. The number of sulfonamides is 1. The van der Waals surface area contributed by atoms with Crippen molar-refractivity contribution in [2.45, 2.75) is 18.4 Å². The summed E-state index contributed by atoms with van der Waals surface area (Å²) < 4.78 is 33.2. The first-order valence-electron chi connectivity index (χ1n) is 9.65. The zero-order valence-corrected chi connectivity index (χ0v) is 19.8. The number of ether oxygens (including phenoxy) is 1. The Kier molecular flexibility index (Phi) is 7.66. The first-order chi connectivity index (χ1) is 15.2. The van der Waals surface area contributed by atoms with Crippen molar-refractivity contribution < 1.29 is 17.9 Å². The average molecular weight is 493 g/mol. The molecule has 0 radical (unpaired) electrons. The summed E-state index contributed by atoms with van der Waals surface area (Å²) in [5.41, 5.74) is 1.72. The number of amides is 1. The van der Waals surface area contributed by atoms with Crippen molar-refractivity contribution >= 4 is 44.8 Å². The van der Waals surface area contributed by atoms with Crippen LogP contribution in [-0.4, -0.2) is 28.0 Å². The van der Waals surface area contributed by atoms with Gasteiger partial charge in [-0.3, -0.25) is 9.10 Å². The standard InChI is InChI=1S/C23H22Cl2N2O4S/c1-16-12-20(10-11-22(16)31-2)32(29,30)27(19-6-4-3-5-7-19)15-23(28)26-14-17-8-9-18(24)13-21(17)25/h3-13H,14-15H2,1-2H3,(H,26,28). The number of rotatable bonds is 8. The summed E-state index contributed by atoms with van der Waals surface area (Å²) in [5, 5.41) is 3.62. The molecule has 0 bridgehead atoms. The first kappa shape index (κ1) is 23.9. The molecule has 0 unspecified atom stereocenters. The van der Waals surface area contributed by atoms with Crippen LogP contribution in [0.3, 0.4) is 0 Å². The maximum Gasteiger partial charge on any atom is 0.264 e. The van der Waals surface area contributed by atoms with E-state index >= 15 is 0 Å². The number of anilines is 1. The van der Waals surface area contributed by atoms with Gasteiger partial charge in [-0.2, -0.15) is 0 Å². The van der Waals surface area contributed by atoms with Crippen molar-refractivity contribution in [1.29, 1.82) is 0 Å². The zero-order valence-electron chi connectivity index (χ0n) is 17.5. The third-order valence-electron chi connectivity index (χ3n) is 4.78. The molecule has 32 heavy (non-hydrogen) atoms. The van der Waals surface area contributed by atoms with Crippen LogP contribution in [0.25, 0.3) is 0 Å². The number of carbonyl (C=O) groups is 1. The van der Waals surface area contributed by atoms with Crippen LogP contribution in [0.5, 0.6) is 5.75 Å². The van der Waals surface area contributed by atoms with Gasteiger partial charge in [-0.15, -0.1) is 0 Å². The highest BCUT2D eigenvalue weighted by molar-refractivity contribution is 7.92. The molecule has 3 aromatic rings. The molecule has 0 saturated heterocycles. The summed E-state index contributed by atoms with van der Waals surface area (Å²) in [4.78, 5) is 12.8. The lowest BCUT2D eigenvalue weighted by Gasteiger charge is -2.24. The predicted octanol–water partition coefficient (Wildman–Crippen LogP) is 4.82. The van der Waals surface area contributed by atoms with Crippen molar-refractivity contribution in [3.8, 4) is 5.75 Å². The smallest absolute Gasteiger partial charge is 0.264 e. The summed E-state index contributed by atoms with van der Waals surface area (Å²) >= 11 is 12.1. The SMILES string of the molecule is COc1ccc(S(=O)(=O)N(CC(=O)NCc2ccc(Cl)cc2Cl)c2ccccc2)cc1C. The quantitative estimate of drug-likeness (QED) is 0.488. The van der Waals surface area contributed by atoms with E-state index in [2.05, 4.69) is 5.32 Å². The molecule has 0 aromatic heterocycles. The number of hydrogen-bond acceptors (Lipinski definition) is 4. The Morgan fingerprint density at radius 2 is 1.75 bits per heavy atom. The fraction of sp³-hybridized carbons (Fsp3) is 0.174. The Morgan fingerprint density at radius 3 is 2.38 bits per heavy atom. The van der Waals surface area contributed by atoms with Crippen molar-refractivity contribution in [2.24, 2.45) is 0 Å². The van der Waals surface area contributed by atoms with E-state index in [9.17, 15) is 13.2 Å². The number of para-hydroxylation sites is 1. The van der Waals surface area contributed by atoms with Crippen molar-refractivity contribution in [1.82, 2.24) is 5.32 Å². The van der Waals surface area contributed by atoms with Crippen LogP contribution >= 0.6 is 23.2 Å². The molecular formula is C23H22Cl2N2O4S. The molecule has 0 fully saturated rings. The van der Waals surface area contributed by atoms with Crippen molar-refractivity contribution in [3.05, 3.63) is 87.9 Å². The second kappa shape index (κ2) is 10.3. The molecule has 1 N–H and O–H groups in total. The number of benzene rings is 3. The molecule has 0 aliphatic heterocycles. The molecule has 168 valence electrons. The minimum atomic E-state index is -4.02. The normalized spacial score (nSPS) is 11.1. The molecule has 0 atom stereocenters. The largest absolute Gasteiger partial charge is 0.496 e. The second-order valence-corrected chi connectivity index (χ2v) is 9.70. The van der Waals surface area contributed by atoms with Crippen molar-refractivity contribution in [2.75, 3.05) is 18.0 Å². The van der Waals surface area contributed by atoms with E-state index in [0.29, 0.717) is 32.6 Å². The minimum absolute atomic E-state index is 0.0631. The molecule has 0 heterocycles. The van der Waals surface area contributed by atoms with E-state index in [1.165, 1.54) is 19.2 Å². The monoisotopic (exact) mass is 492 g/mol. The molecule has 0 aliphatic rings. The molecule has 1 amide bonds. The topological polar surface area (TPSA) is 75.7 Å². The van der Waals surface area contributed by atoms with Crippen molar-refractivity contribution in [3.63, 3.8) is 0 Å². The molecule has 0 aliphatic carbocycles. The lowest BCUT2D eigenvalue weighted by molar-refractivity contribution is -0.119. The maximum absolute atomic E-state index is 13.5.